The van der Waals surface area contributed by atoms with E-state index in [0.29, 0.717) is 18.6 Å². The molecule has 7 nitrogen and oxygen atoms in total. The highest BCUT2D eigenvalue weighted by Gasteiger charge is 2.19. The van der Waals surface area contributed by atoms with Gasteiger partial charge in [0.2, 0.25) is 5.91 Å². The summed E-state index contributed by atoms with van der Waals surface area (Å²) >= 11 is 0. The molecule has 0 saturated carbocycles. The van der Waals surface area contributed by atoms with Gasteiger partial charge in [-0.15, -0.1) is 0 Å². The summed E-state index contributed by atoms with van der Waals surface area (Å²) < 4.78 is 22.0. The van der Waals surface area contributed by atoms with Crippen LogP contribution in [0.2, 0.25) is 0 Å². The van der Waals surface area contributed by atoms with Crippen LogP contribution in [0.1, 0.15) is 18.4 Å². The molecular weight excluding hydrogens is 411 g/mol. The Morgan fingerprint density at radius 2 is 1.97 bits per heavy atom. The normalized spacial score (nSPS) is 16.1. The number of para-hydroxylation sites is 1. The molecule has 4 aromatic rings. The van der Waals surface area contributed by atoms with Crippen molar-refractivity contribution in [2.45, 2.75) is 32.0 Å². The zero-order chi connectivity index (χ0) is 22.1. The number of halogens is 1. The van der Waals surface area contributed by atoms with Crippen LogP contribution in [0.15, 0.2) is 59.5 Å². The molecule has 164 valence electrons. The summed E-state index contributed by atoms with van der Waals surface area (Å²) in [4.78, 5) is 25.8. The largest absolute Gasteiger partial charge is 0.376 e. The number of carbonyl (C=O) groups is 1. The van der Waals surface area contributed by atoms with Crippen molar-refractivity contribution in [3.05, 3.63) is 76.5 Å². The molecule has 0 aliphatic carbocycles. The van der Waals surface area contributed by atoms with Crippen LogP contribution in [0.3, 0.4) is 0 Å². The first-order valence-electron chi connectivity index (χ1n) is 10.7. The van der Waals surface area contributed by atoms with Gasteiger partial charge in [0.25, 0.3) is 5.56 Å². The molecule has 1 atom stereocenters. The molecule has 1 saturated heterocycles. The third-order valence-electron chi connectivity index (χ3n) is 5.87. The lowest BCUT2D eigenvalue weighted by Gasteiger charge is -2.12. The summed E-state index contributed by atoms with van der Waals surface area (Å²) in [5, 5.41) is 8.72. The molecule has 2 aromatic heterocycles. The summed E-state index contributed by atoms with van der Waals surface area (Å²) in [6, 6.07) is 13.9. The van der Waals surface area contributed by atoms with E-state index in [1.165, 1.54) is 16.8 Å². The Bertz CT molecular complexity index is 1340. The van der Waals surface area contributed by atoms with E-state index < -0.39 is 0 Å². The molecule has 1 amide bonds. The highest BCUT2D eigenvalue weighted by molar-refractivity contribution is 6.07. The van der Waals surface area contributed by atoms with Gasteiger partial charge in [0.05, 0.1) is 12.3 Å². The predicted molar refractivity (Wildman–Crippen MR) is 119 cm³/mol. The second-order valence-corrected chi connectivity index (χ2v) is 8.04. The molecule has 0 unspecified atom stereocenters. The van der Waals surface area contributed by atoms with E-state index in [4.69, 9.17) is 4.74 Å². The number of aromatic nitrogens is 3. The fourth-order valence-corrected chi connectivity index (χ4v) is 4.27. The second kappa shape index (κ2) is 8.55. The van der Waals surface area contributed by atoms with Crippen LogP contribution in [0.25, 0.3) is 21.8 Å². The summed E-state index contributed by atoms with van der Waals surface area (Å²) in [6.07, 6.45) is 3.59. The number of hydrogen-bond donors (Lipinski definition) is 1. The maximum Gasteiger partial charge on any atom is 0.291 e. The molecule has 2 aromatic carbocycles. The van der Waals surface area contributed by atoms with Gasteiger partial charge in [-0.2, -0.15) is 5.10 Å². The number of fused-ring (bicyclic) bond motifs is 3. The first-order valence-corrected chi connectivity index (χ1v) is 10.7. The highest BCUT2D eigenvalue weighted by atomic mass is 19.1. The zero-order valence-electron chi connectivity index (χ0n) is 17.5. The van der Waals surface area contributed by atoms with Gasteiger partial charge in [-0.25, -0.2) is 9.07 Å². The Balaban J connectivity index is 1.50. The molecular formula is C24H23FN4O3. The molecule has 8 heteroatoms. The quantitative estimate of drug-likeness (QED) is 0.506. The van der Waals surface area contributed by atoms with Crippen LogP contribution in [-0.2, 0) is 22.6 Å². The topological polar surface area (TPSA) is 78.2 Å². The lowest BCUT2D eigenvalue weighted by molar-refractivity contribution is -0.122. The van der Waals surface area contributed by atoms with E-state index in [1.54, 1.807) is 18.3 Å². The van der Waals surface area contributed by atoms with Crippen LogP contribution >= 0.6 is 0 Å². The van der Waals surface area contributed by atoms with Crippen molar-refractivity contribution in [1.29, 1.82) is 0 Å². The van der Waals surface area contributed by atoms with Crippen LogP contribution in [0.5, 0.6) is 0 Å². The van der Waals surface area contributed by atoms with Crippen molar-refractivity contribution >= 4 is 27.7 Å². The van der Waals surface area contributed by atoms with Crippen molar-refractivity contribution < 1.29 is 13.9 Å². The lowest BCUT2D eigenvalue weighted by atomic mass is 10.2. The van der Waals surface area contributed by atoms with Gasteiger partial charge in [-0.3, -0.25) is 9.59 Å². The average Bonchev–Trinajstić information content (AvgIpc) is 3.43. The van der Waals surface area contributed by atoms with E-state index in [1.807, 2.05) is 28.8 Å². The Morgan fingerprint density at radius 3 is 2.75 bits per heavy atom. The number of nitrogens with zero attached hydrogens (tertiary/aromatic N) is 3. The van der Waals surface area contributed by atoms with Crippen LogP contribution in [0, 0.1) is 5.82 Å². The number of carbonyl (C=O) groups excluding carboxylic acids is 1. The molecule has 0 bridgehead atoms. The predicted octanol–water partition coefficient (Wildman–Crippen LogP) is 2.83. The van der Waals surface area contributed by atoms with Crippen molar-refractivity contribution in [1.82, 2.24) is 19.7 Å². The monoisotopic (exact) mass is 434 g/mol. The van der Waals surface area contributed by atoms with Crippen molar-refractivity contribution in [2.75, 3.05) is 13.2 Å². The van der Waals surface area contributed by atoms with Crippen LogP contribution in [0.4, 0.5) is 4.39 Å². The standard InChI is InChI=1S/C24H23FN4O3/c25-17-9-7-16(8-10-17)14-28-21-6-2-1-5-19(21)20-13-27-29(24(31)23(20)28)15-22(30)26-12-18-4-3-11-32-18/h1-2,5-10,13,18H,3-4,11-12,14-15H2,(H,26,30)/t18-/m1/s1. The fraction of sp³-hybridized carbons (Fsp3) is 0.292. The second-order valence-electron chi connectivity index (χ2n) is 8.04. The number of benzene rings is 2. The molecule has 32 heavy (non-hydrogen) atoms. The third kappa shape index (κ3) is 3.89. The van der Waals surface area contributed by atoms with Gasteiger partial charge in [0.1, 0.15) is 17.9 Å². The number of nitrogens with one attached hydrogen (secondary N) is 1. The SMILES string of the molecule is O=C(Cn1ncc2c3ccccc3n(Cc3ccc(F)cc3)c2c1=O)NC[C@H]1CCCO1. The number of rotatable bonds is 6. The van der Waals surface area contributed by atoms with E-state index in [9.17, 15) is 14.0 Å². The van der Waals surface area contributed by atoms with Crippen molar-refractivity contribution in [2.24, 2.45) is 0 Å². The summed E-state index contributed by atoms with van der Waals surface area (Å²) in [5.74, 6) is -0.591. The van der Waals surface area contributed by atoms with E-state index in [2.05, 4.69) is 10.4 Å². The maximum absolute atomic E-state index is 13.4. The molecule has 5 rings (SSSR count). The first kappa shape index (κ1) is 20.4. The maximum atomic E-state index is 13.4. The minimum absolute atomic E-state index is 0.0318. The average molecular weight is 434 g/mol. The lowest BCUT2D eigenvalue weighted by Crippen LogP contribution is -2.37. The van der Waals surface area contributed by atoms with Crippen LogP contribution in [-0.4, -0.2) is 39.5 Å². The Morgan fingerprint density at radius 1 is 1.16 bits per heavy atom. The third-order valence-corrected chi connectivity index (χ3v) is 5.87. The van der Waals surface area contributed by atoms with Crippen molar-refractivity contribution in [3.8, 4) is 0 Å². The molecule has 3 heterocycles. The number of hydrogen-bond acceptors (Lipinski definition) is 4. The summed E-state index contributed by atoms with van der Waals surface area (Å²) in [6.45, 7) is 1.38. The van der Waals surface area contributed by atoms with Crippen LogP contribution < -0.4 is 10.9 Å². The fourth-order valence-electron chi connectivity index (χ4n) is 4.27. The van der Waals surface area contributed by atoms with Crippen molar-refractivity contribution in [3.63, 3.8) is 0 Å². The molecule has 1 fully saturated rings. The van der Waals surface area contributed by atoms with E-state index in [-0.39, 0.29) is 29.9 Å². The van der Waals surface area contributed by atoms with Gasteiger partial charge in [0, 0.05) is 36.0 Å². The summed E-state index contributed by atoms with van der Waals surface area (Å²) in [7, 11) is 0. The van der Waals surface area contributed by atoms with E-state index in [0.717, 1.165) is 41.3 Å². The van der Waals surface area contributed by atoms with Gasteiger partial charge in [0.15, 0.2) is 0 Å². The molecule has 1 aliphatic rings. The Kier molecular flexibility index (Phi) is 5.45. The molecule has 0 spiro atoms. The van der Waals surface area contributed by atoms with Gasteiger partial charge >= 0.3 is 0 Å². The highest BCUT2D eigenvalue weighted by Crippen LogP contribution is 2.27. The zero-order valence-corrected chi connectivity index (χ0v) is 17.5. The Hall–Kier alpha value is -3.52. The van der Waals surface area contributed by atoms with E-state index >= 15 is 0 Å². The smallest absolute Gasteiger partial charge is 0.291 e. The number of amides is 1. The minimum atomic E-state index is -0.340. The van der Waals surface area contributed by atoms with Gasteiger partial charge in [-0.1, -0.05) is 30.3 Å². The Labute approximate surface area is 183 Å². The number of ether oxygens (including phenoxy) is 1. The minimum Gasteiger partial charge on any atom is -0.376 e. The summed E-state index contributed by atoms with van der Waals surface area (Å²) in [5.41, 5.74) is 1.88. The first-order chi connectivity index (χ1) is 15.6. The van der Waals surface area contributed by atoms with Gasteiger partial charge in [-0.05, 0) is 36.6 Å². The molecule has 1 N–H and O–H groups in total. The molecule has 1 aliphatic heterocycles. The van der Waals surface area contributed by atoms with Gasteiger partial charge < -0.3 is 14.6 Å². The molecule has 0 radical (unpaired) electrons.